The van der Waals surface area contributed by atoms with E-state index in [-0.39, 0.29) is 0 Å². The smallest absolute Gasteiger partial charge is 0.216 e. The normalized spacial score (nSPS) is 11.5. The molecule has 8 nitrogen and oxygen atoms in total. The van der Waals surface area contributed by atoms with E-state index < -0.39 is 0 Å². The predicted molar refractivity (Wildman–Crippen MR) is 113 cm³/mol. The zero-order valence-electron chi connectivity index (χ0n) is 16.6. The summed E-state index contributed by atoms with van der Waals surface area (Å²) in [5, 5.41) is 11.1. The highest BCUT2D eigenvalue weighted by atomic mass is 35.5. The Balaban J connectivity index is 1.48. The minimum Gasteiger partial charge on any atom is -0.492 e. The number of likely N-dealkylation sites (N-methyl/N-ethyl adjacent to an activating group) is 1. The van der Waals surface area contributed by atoms with Gasteiger partial charge in [-0.2, -0.15) is 5.10 Å². The van der Waals surface area contributed by atoms with Gasteiger partial charge in [0.15, 0.2) is 11.7 Å². The fourth-order valence-corrected chi connectivity index (χ4v) is 2.72. The molecule has 3 rings (SSSR count). The highest BCUT2D eigenvalue weighted by molar-refractivity contribution is 6.30. The van der Waals surface area contributed by atoms with Crippen LogP contribution in [0.3, 0.4) is 0 Å². The number of ether oxygens (including phenoxy) is 1. The Morgan fingerprint density at radius 2 is 2.14 bits per heavy atom. The number of hydrogen-bond acceptors (Lipinski definition) is 5. The molecule has 0 atom stereocenters. The molecule has 0 unspecified atom stereocenters. The number of rotatable bonds is 9. The molecule has 2 heterocycles. The van der Waals surface area contributed by atoms with Crippen LogP contribution in [0, 0.1) is 0 Å². The van der Waals surface area contributed by atoms with Crippen molar-refractivity contribution in [3.05, 3.63) is 53.5 Å². The number of aliphatic imine (C=N–C) groups is 1. The molecular weight excluding hydrogens is 392 g/mol. The number of benzene rings is 1. The zero-order chi connectivity index (χ0) is 20.5. The predicted octanol–water partition coefficient (Wildman–Crippen LogP) is 3.24. The first kappa shape index (κ1) is 20.7. The summed E-state index contributed by atoms with van der Waals surface area (Å²) in [6.45, 7) is 4.64. The summed E-state index contributed by atoms with van der Waals surface area (Å²) in [5.41, 5.74) is 0. The first-order valence-corrected chi connectivity index (χ1v) is 9.86. The number of aromatic nitrogens is 3. The third kappa shape index (κ3) is 6.25. The number of halogens is 1. The van der Waals surface area contributed by atoms with Crippen LogP contribution in [0.1, 0.15) is 12.7 Å². The van der Waals surface area contributed by atoms with E-state index in [1.165, 1.54) is 0 Å². The summed E-state index contributed by atoms with van der Waals surface area (Å²) in [6, 6.07) is 11.0. The molecule has 0 aliphatic heterocycles. The van der Waals surface area contributed by atoms with E-state index >= 15 is 0 Å². The standard InChI is InChI=1S/C20H25ClN6O2/c1-3-22-20(27(2)12-14-28-16-8-6-15(21)7-9-16)23-11-10-18-24-19(26-25-18)17-5-4-13-29-17/h4-9,13H,3,10-12,14H2,1-2H3,(H,22,23)(H,24,25,26). The molecule has 0 saturated heterocycles. The average Bonchev–Trinajstić information content (AvgIpc) is 3.40. The lowest BCUT2D eigenvalue weighted by molar-refractivity contribution is 0.281. The van der Waals surface area contributed by atoms with Crippen molar-refractivity contribution in [2.45, 2.75) is 13.3 Å². The number of nitrogens with zero attached hydrogens (tertiary/aromatic N) is 4. The largest absolute Gasteiger partial charge is 0.492 e. The Morgan fingerprint density at radius 1 is 1.31 bits per heavy atom. The van der Waals surface area contributed by atoms with Crippen LogP contribution in [0.2, 0.25) is 5.02 Å². The summed E-state index contributed by atoms with van der Waals surface area (Å²) in [6.07, 6.45) is 2.25. The molecule has 0 spiro atoms. The van der Waals surface area contributed by atoms with Crippen molar-refractivity contribution in [2.75, 3.05) is 33.3 Å². The van der Waals surface area contributed by atoms with Gasteiger partial charge in [0.2, 0.25) is 5.82 Å². The van der Waals surface area contributed by atoms with Crippen LogP contribution in [0.25, 0.3) is 11.6 Å². The lowest BCUT2D eigenvalue weighted by Gasteiger charge is -2.22. The molecular formula is C20H25ClN6O2. The number of furan rings is 1. The molecule has 29 heavy (non-hydrogen) atoms. The second-order valence-electron chi connectivity index (χ2n) is 6.29. The van der Waals surface area contributed by atoms with Crippen molar-refractivity contribution >= 4 is 17.6 Å². The second kappa shape index (κ2) is 10.5. The third-order valence-electron chi connectivity index (χ3n) is 4.09. The summed E-state index contributed by atoms with van der Waals surface area (Å²) >= 11 is 5.89. The van der Waals surface area contributed by atoms with Crippen LogP contribution in [0.15, 0.2) is 52.1 Å². The van der Waals surface area contributed by atoms with Gasteiger partial charge in [0.1, 0.15) is 18.2 Å². The zero-order valence-corrected chi connectivity index (χ0v) is 17.3. The maximum Gasteiger partial charge on any atom is 0.216 e. The van der Waals surface area contributed by atoms with Gasteiger partial charge in [-0.25, -0.2) is 4.98 Å². The highest BCUT2D eigenvalue weighted by Crippen LogP contribution is 2.15. The van der Waals surface area contributed by atoms with Crippen molar-refractivity contribution in [1.29, 1.82) is 0 Å². The Hall–Kier alpha value is -3.00. The molecule has 9 heteroatoms. The van der Waals surface area contributed by atoms with E-state index in [2.05, 4.69) is 25.5 Å². The number of aromatic amines is 1. The summed E-state index contributed by atoms with van der Waals surface area (Å²) in [5.74, 6) is 3.58. The second-order valence-corrected chi connectivity index (χ2v) is 6.73. The summed E-state index contributed by atoms with van der Waals surface area (Å²) in [4.78, 5) is 11.1. The van der Waals surface area contributed by atoms with E-state index in [0.29, 0.717) is 42.7 Å². The Kier molecular flexibility index (Phi) is 7.52. The maximum absolute atomic E-state index is 5.89. The van der Waals surface area contributed by atoms with Gasteiger partial charge < -0.3 is 19.4 Å². The third-order valence-corrected chi connectivity index (χ3v) is 4.34. The average molecular weight is 417 g/mol. The van der Waals surface area contributed by atoms with Gasteiger partial charge in [-0.3, -0.25) is 10.1 Å². The lowest BCUT2D eigenvalue weighted by atomic mass is 10.3. The van der Waals surface area contributed by atoms with Crippen LogP contribution >= 0.6 is 11.6 Å². The molecule has 0 aliphatic carbocycles. The molecule has 0 radical (unpaired) electrons. The van der Waals surface area contributed by atoms with Crippen LogP contribution in [-0.2, 0) is 6.42 Å². The molecule has 0 bridgehead atoms. The van der Waals surface area contributed by atoms with Gasteiger partial charge >= 0.3 is 0 Å². The lowest BCUT2D eigenvalue weighted by Crippen LogP contribution is -2.41. The van der Waals surface area contributed by atoms with E-state index in [1.54, 1.807) is 6.26 Å². The SMILES string of the molecule is CCNC(=NCCc1nc(-c2ccco2)n[nH]1)N(C)CCOc1ccc(Cl)cc1. The fraction of sp³-hybridized carbons (Fsp3) is 0.350. The quantitative estimate of drug-likeness (QED) is 0.411. The molecule has 154 valence electrons. The minimum atomic E-state index is 0.539. The van der Waals surface area contributed by atoms with Crippen LogP contribution in [-0.4, -0.2) is 59.3 Å². The van der Waals surface area contributed by atoms with E-state index in [0.717, 1.165) is 24.1 Å². The summed E-state index contributed by atoms with van der Waals surface area (Å²) in [7, 11) is 1.98. The molecule has 1 aromatic carbocycles. The van der Waals surface area contributed by atoms with E-state index in [9.17, 15) is 0 Å². The van der Waals surface area contributed by atoms with Crippen LogP contribution in [0.5, 0.6) is 5.75 Å². The maximum atomic E-state index is 5.89. The van der Waals surface area contributed by atoms with Gasteiger partial charge in [0, 0.05) is 31.6 Å². The first-order valence-electron chi connectivity index (χ1n) is 9.48. The van der Waals surface area contributed by atoms with Crippen molar-refractivity contribution in [3.63, 3.8) is 0 Å². The first-order chi connectivity index (χ1) is 14.2. The van der Waals surface area contributed by atoms with Crippen LogP contribution in [0.4, 0.5) is 0 Å². The van der Waals surface area contributed by atoms with Gasteiger partial charge in [0.25, 0.3) is 0 Å². The van der Waals surface area contributed by atoms with E-state index in [4.69, 9.17) is 20.8 Å². The Bertz CT molecular complexity index is 892. The molecule has 0 aliphatic rings. The van der Waals surface area contributed by atoms with Crippen molar-refractivity contribution in [3.8, 4) is 17.3 Å². The summed E-state index contributed by atoms with van der Waals surface area (Å²) < 4.78 is 11.1. The van der Waals surface area contributed by atoms with Gasteiger partial charge in [-0.15, -0.1) is 0 Å². The van der Waals surface area contributed by atoms with Crippen molar-refractivity contribution in [2.24, 2.45) is 4.99 Å². The van der Waals surface area contributed by atoms with Gasteiger partial charge in [0.05, 0.1) is 12.8 Å². The van der Waals surface area contributed by atoms with Crippen molar-refractivity contribution < 1.29 is 9.15 Å². The van der Waals surface area contributed by atoms with E-state index in [1.807, 2.05) is 55.3 Å². The number of nitrogens with one attached hydrogen (secondary N) is 2. The number of H-pyrrole nitrogens is 1. The molecule has 2 aromatic heterocycles. The minimum absolute atomic E-state index is 0.539. The molecule has 3 aromatic rings. The molecule has 0 saturated carbocycles. The topological polar surface area (TPSA) is 91.6 Å². The molecule has 0 fully saturated rings. The Morgan fingerprint density at radius 3 is 2.86 bits per heavy atom. The Labute approximate surface area is 174 Å². The monoisotopic (exact) mass is 416 g/mol. The van der Waals surface area contributed by atoms with Gasteiger partial charge in [-0.1, -0.05) is 11.6 Å². The highest BCUT2D eigenvalue weighted by Gasteiger charge is 2.09. The van der Waals surface area contributed by atoms with Crippen molar-refractivity contribution in [1.82, 2.24) is 25.4 Å². The molecule has 0 amide bonds. The molecule has 2 N–H and O–H groups in total. The fourth-order valence-electron chi connectivity index (χ4n) is 2.60. The van der Waals surface area contributed by atoms with Crippen LogP contribution < -0.4 is 10.1 Å². The number of hydrogen-bond donors (Lipinski definition) is 2. The number of guanidine groups is 1. The van der Waals surface area contributed by atoms with Gasteiger partial charge in [-0.05, 0) is 43.3 Å².